The third-order valence-corrected chi connectivity index (χ3v) is 3.50. The third-order valence-electron chi connectivity index (χ3n) is 3.50. The fourth-order valence-electron chi connectivity index (χ4n) is 2.54. The molecule has 2 N–H and O–H groups in total. The van der Waals surface area contributed by atoms with Crippen molar-refractivity contribution in [2.24, 2.45) is 5.73 Å². The largest absolute Gasteiger partial charge is 0.330 e. The smallest absolute Gasteiger partial charge is 0.114 e. The van der Waals surface area contributed by atoms with Gasteiger partial charge in [-0.05, 0) is 43.7 Å². The number of unbranched alkanes of at least 4 members (excludes halogenated alkanes) is 1. The maximum Gasteiger partial charge on any atom is 0.114 e. The van der Waals surface area contributed by atoms with Crippen molar-refractivity contribution in [3.63, 3.8) is 0 Å². The van der Waals surface area contributed by atoms with Gasteiger partial charge in [-0.1, -0.05) is 30.3 Å². The molecule has 0 saturated heterocycles. The van der Waals surface area contributed by atoms with E-state index < -0.39 is 0 Å². The number of imidazole rings is 1. The van der Waals surface area contributed by atoms with Crippen molar-refractivity contribution in [2.45, 2.75) is 19.3 Å². The molecule has 0 bridgehead atoms. The number of nitrogens with zero attached hydrogens (tertiary/aromatic N) is 2. The minimum atomic E-state index is 0.742. The van der Waals surface area contributed by atoms with E-state index in [1.165, 1.54) is 11.2 Å². The Hall–Kier alpha value is -2.13. The first kappa shape index (κ1) is 12.9. The number of aryl methyl sites for hydroxylation is 1. The first-order valence-electron chi connectivity index (χ1n) is 7.12. The number of nitrogens with two attached hydrogens (primary N) is 1. The van der Waals surface area contributed by atoms with Gasteiger partial charge >= 0.3 is 0 Å². The van der Waals surface area contributed by atoms with Crippen LogP contribution in [-0.4, -0.2) is 16.1 Å². The Balaban J connectivity index is 2.09. The highest BCUT2D eigenvalue weighted by Crippen LogP contribution is 2.22. The van der Waals surface area contributed by atoms with E-state index in [1.807, 2.05) is 12.1 Å². The molecular formula is C17H19N3. The van der Waals surface area contributed by atoms with E-state index in [4.69, 9.17) is 10.7 Å². The summed E-state index contributed by atoms with van der Waals surface area (Å²) < 4.78 is 2.26. The van der Waals surface area contributed by atoms with Crippen LogP contribution in [0.3, 0.4) is 0 Å². The zero-order valence-electron chi connectivity index (χ0n) is 11.5. The van der Waals surface area contributed by atoms with Crippen LogP contribution in [-0.2, 0) is 6.42 Å². The van der Waals surface area contributed by atoms with Crippen LogP contribution in [0.1, 0.15) is 18.7 Å². The Morgan fingerprint density at radius 2 is 1.65 bits per heavy atom. The van der Waals surface area contributed by atoms with Crippen molar-refractivity contribution in [2.75, 3.05) is 6.54 Å². The van der Waals surface area contributed by atoms with Gasteiger partial charge in [0.2, 0.25) is 0 Å². The number of hydrogen-bond acceptors (Lipinski definition) is 2. The summed E-state index contributed by atoms with van der Waals surface area (Å²) in [6.45, 7) is 0.742. The second-order valence-corrected chi connectivity index (χ2v) is 4.93. The summed E-state index contributed by atoms with van der Waals surface area (Å²) in [6, 6.07) is 18.7. The quantitative estimate of drug-likeness (QED) is 0.719. The molecule has 0 amide bonds. The van der Waals surface area contributed by atoms with E-state index >= 15 is 0 Å². The molecule has 0 unspecified atom stereocenters. The van der Waals surface area contributed by atoms with Gasteiger partial charge < -0.3 is 5.73 Å². The summed E-state index contributed by atoms with van der Waals surface area (Å²) in [5.41, 5.74) is 8.98. The molecule has 0 fully saturated rings. The fraction of sp³-hybridized carbons (Fsp3) is 0.235. The van der Waals surface area contributed by atoms with E-state index in [1.54, 1.807) is 0 Å². The van der Waals surface area contributed by atoms with Gasteiger partial charge in [0, 0.05) is 12.1 Å². The van der Waals surface area contributed by atoms with E-state index in [9.17, 15) is 0 Å². The van der Waals surface area contributed by atoms with Crippen LogP contribution >= 0.6 is 0 Å². The predicted molar refractivity (Wildman–Crippen MR) is 83.1 cm³/mol. The molecule has 3 rings (SSSR count). The molecule has 102 valence electrons. The molecule has 0 spiro atoms. The highest BCUT2D eigenvalue weighted by atomic mass is 15.1. The zero-order chi connectivity index (χ0) is 13.8. The lowest BCUT2D eigenvalue weighted by atomic mass is 10.2. The molecule has 3 heteroatoms. The van der Waals surface area contributed by atoms with Gasteiger partial charge in [-0.2, -0.15) is 0 Å². The average molecular weight is 265 g/mol. The van der Waals surface area contributed by atoms with Gasteiger partial charge in [0.1, 0.15) is 5.82 Å². The molecule has 0 radical (unpaired) electrons. The monoisotopic (exact) mass is 265 g/mol. The van der Waals surface area contributed by atoms with Gasteiger partial charge in [-0.15, -0.1) is 0 Å². The molecule has 0 aliphatic heterocycles. The summed E-state index contributed by atoms with van der Waals surface area (Å²) >= 11 is 0. The molecule has 0 atom stereocenters. The van der Waals surface area contributed by atoms with Crippen LogP contribution in [0.5, 0.6) is 0 Å². The predicted octanol–water partition coefficient (Wildman–Crippen LogP) is 3.31. The van der Waals surface area contributed by atoms with Crippen molar-refractivity contribution in [1.29, 1.82) is 0 Å². The summed E-state index contributed by atoms with van der Waals surface area (Å²) in [5, 5.41) is 0. The average Bonchev–Trinajstić information content (AvgIpc) is 2.86. The van der Waals surface area contributed by atoms with E-state index in [0.29, 0.717) is 0 Å². The van der Waals surface area contributed by atoms with Crippen LogP contribution in [0, 0.1) is 0 Å². The Morgan fingerprint density at radius 3 is 2.45 bits per heavy atom. The third kappa shape index (κ3) is 2.45. The molecular weight excluding hydrogens is 246 g/mol. The van der Waals surface area contributed by atoms with E-state index in [2.05, 4.69) is 47.0 Å². The molecule has 0 saturated carbocycles. The molecule has 1 heterocycles. The highest BCUT2D eigenvalue weighted by Gasteiger charge is 2.11. The Kier molecular flexibility index (Phi) is 3.79. The topological polar surface area (TPSA) is 43.8 Å². The first-order chi connectivity index (χ1) is 9.90. The second-order valence-electron chi connectivity index (χ2n) is 4.93. The maximum atomic E-state index is 5.59. The number of aromatic nitrogens is 2. The number of para-hydroxylation sites is 3. The number of fused-ring (bicyclic) bond motifs is 1. The standard InChI is InChI=1S/C17H19N3/c18-13-7-6-12-17-19-15-10-4-5-11-16(15)20(17)14-8-2-1-3-9-14/h1-5,8-11H,6-7,12-13,18H2. The summed E-state index contributed by atoms with van der Waals surface area (Å²) in [5.74, 6) is 1.12. The number of rotatable bonds is 5. The normalized spacial score (nSPS) is 11.1. The minimum absolute atomic E-state index is 0.742. The lowest BCUT2D eigenvalue weighted by Gasteiger charge is -2.09. The van der Waals surface area contributed by atoms with Gasteiger partial charge in [0.25, 0.3) is 0 Å². The number of hydrogen-bond donors (Lipinski definition) is 1. The van der Waals surface area contributed by atoms with Crippen LogP contribution in [0.15, 0.2) is 54.6 Å². The van der Waals surface area contributed by atoms with Gasteiger partial charge in [0.15, 0.2) is 0 Å². The fourth-order valence-corrected chi connectivity index (χ4v) is 2.54. The van der Waals surface area contributed by atoms with Gasteiger partial charge in [0.05, 0.1) is 11.0 Å². The van der Waals surface area contributed by atoms with Crippen molar-refractivity contribution in [3.05, 3.63) is 60.4 Å². The van der Waals surface area contributed by atoms with Crippen LogP contribution < -0.4 is 5.73 Å². The van der Waals surface area contributed by atoms with Crippen molar-refractivity contribution < 1.29 is 0 Å². The van der Waals surface area contributed by atoms with Crippen LogP contribution in [0.25, 0.3) is 16.7 Å². The van der Waals surface area contributed by atoms with Gasteiger partial charge in [-0.25, -0.2) is 4.98 Å². The Labute approximate surface area is 119 Å². The van der Waals surface area contributed by atoms with Crippen LogP contribution in [0.2, 0.25) is 0 Å². The molecule has 2 aromatic carbocycles. The van der Waals surface area contributed by atoms with Crippen molar-refractivity contribution in [3.8, 4) is 5.69 Å². The molecule has 20 heavy (non-hydrogen) atoms. The minimum Gasteiger partial charge on any atom is -0.330 e. The van der Waals surface area contributed by atoms with E-state index in [-0.39, 0.29) is 0 Å². The molecule has 3 nitrogen and oxygen atoms in total. The van der Waals surface area contributed by atoms with Crippen molar-refractivity contribution >= 4 is 11.0 Å². The molecule has 0 aliphatic carbocycles. The molecule has 0 aliphatic rings. The zero-order valence-corrected chi connectivity index (χ0v) is 11.5. The maximum absolute atomic E-state index is 5.59. The van der Waals surface area contributed by atoms with Crippen molar-refractivity contribution in [1.82, 2.24) is 9.55 Å². The summed E-state index contributed by atoms with van der Waals surface area (Å²) in [7, 11) is 0. The Bertz CT molecular complexity index is 686. The lowest BCUT2D eigenvalue weighted by Crippen LogP contribution is -2.04. The van der Waals surface area contributed by atoms with Gasteiger partial charge in [-0.3, -0.25) is 4.57 Å². The summed E-state index contributed by atoms with van der Waals surface area (Å²) in [4.78, 5) is 4.78. The Morgan fingerprint density at radius 1 is 0.900 bits per heavy atom. The molecule has 3 aromatic rings. The first-order valence-corrected chi connectivity index (χ1v) is 7.12. The lowest BCUT2D eigenvalue weighted by molar-refractivity contribution is 0.710. The number of benzene rings is 2. The summed E-state index contributed by atoms with van der Waals surface area (Å²) in [6.07, 6.45) is 3.07. The van der Waals surface area contributed by atoms with E-state index in [0.717, 1.165) is 37.1 Å². The second kappa shape index (κ2) is 5.88. The highest BCUT2D eigenvalue weighted by molar-refractivity contribution is 5.78. The molecule has 1 aromatic heterocycles. The SMILES string of the molecule is NCCCCc1nc2ccccc2n1-c1ccccc1. The van der Waals surface area contributed by atoms with Crippen LogP contribution in [0.4, 0.5) is 0 Å².